The van der Waals surface area contributed by atoms with Crippen LogP contribution in [0.3, 0.4) is 0 Å². The lowest BCUT2D eigenvalue weighted by molar-refractivity contribution is -0.296. The molecule has 136 valence electrons. The van der Waals surface area contributed by atoms with E-state index in [4.69, 9.17) is 23.7 Å². The van der Waals surface area contributed by atoms with Crippen molar-refractivity contribution in [1.29, 1.82) is 0 Å². The molecule has 5 atom stereocenters. The second-order valence-corrected chi connectivity index (χ2v) is 5.09. The van der Waals surface area contributed by atoms with E-state index in [1.165, 1.54) is 0 Å². The van der Waals surface area contributed by atoms with Gasteiger partial charge in [-0.25, -0.2) is 0 Å². The van der Waals surface area contributed by atoms with E-state index in [1.807, 2.05) is 0 Å². The Balaban J connectivity index is 3.11. The molecule has 1 aliphatic rings. The summed E-state index contributed by atoms with van der Waals surface area (Å²) in [6.45, 7) is 4.09. The maximum Gasteiger partial charge on any atom is 0.303 e. The van der Waals surface area contributed by atoms with Crippen LogP contribution in [-0.2, 0) is 42.9 Å². The molecule has 1 N–H and O–H groups in total. The first kappa shape index (κ1) is 19.8. The van der Waals surface area contributed by atoms with Crippen LogP contribution in [-0.4, -0.2) is 66.3 Å². The summed E-state index contributed by atoms with van der Waals surface area (Å²) in [7, 11) is 0. The second-order valence-electron chi connectivity index (χ2n) is 5.09. The molecule has 10 heteroatoms. The van der Waals surface area contributed by atoms with Crippen molar-refractivity contribution < 1.29 is 48.0 Å². The van der Waals surface area contributed by atoms with Crippen molar-refractivity contribution >= 4 is 23.9 Å². The Bertz CT molecular complexity index is 502. The van der Waals surface area contributed by atoms with Gasteiger partial charge in [-0.15, -0.1) is 0 Å². The maximum absolute atomic E-state index is 11.3. The molecule has 0 radical (unpaired) electrons. The SMILES string of the molecule is CC(=O)OCC1O[C@@H](O)[C@@H](OC(C)=O)[C@H](OC(C)=O)[C@@H]1OC(C)=O. The summed E-state index contributed by atoms with van der Waals surface area (Å²) in [5.41, 5.74) is 0. The molecule has 1 fully saturated rings. The predicted molar refractivity (Wildman–Crippen MR) is 74.2 cm³/mol. The molecule has 0 saturated carbocycles. The summed E-state index contributed by atoms with van der Waals surface area (Å²) in [6.07, 6.45) is -6.79. The topological polar surface area (TPSA) is 135 Å². The summed E-state index contributed by atoms with van der Waals surface area (Å²) in [5, 5.41) is 10.0. The zero-order valence-corrected chi connectivity index (χ0v) is 13.7. The van der Waals surface area contributed by atoms with Gasteiger partial charge in [0.25, 0.3) is 0 Å². The van der Waals surface area contributed by atoms with Gasteiger partial charge in [-0.05, 0) is 0 Å². The highest BCUT2D eigenvalue weighted by molar-refractivity contribution is 5.68. The number of hydrogen-bond acceptors (Lipinski definition) is 10. The van der Waals surface area contributed by atoms with Crippen LogP contribution in [0.4, 0.5) is 0 Å². The lowest BCUT2D eigenvalue weighted by Gasteiger charge is -2.42. The highest BCUT2D eigenvalue weighted by Crippen LogP contribution is 2.28. The summed E-state index contributed by atoms with van der Waals surface area (Å²) < 4.78 is 25.0. The average Bonchev–Trinajstić information content (AvgIpc) is 2.42. The minimum atomic E-state index is -1.68. The number of rotatable bonds is 5. The number of esters is 4. The van der Waals surface area contributed by atoms with Gasteiger partial charge in [0.05, 0.1) is 0 Å². The van der Waals surface area contributed by atoms with Crippen molar-refractivity contribution in [2.45, 2.75) is 58.4 Å². The molecule has 0 spiro atoms. The van der Waals surface area contributed by atoms with Gasteiger partial charge in [0.1, 0.15) is 12.7 Å². The summed E-state index contributed by atoms with van der Waals surface area (Å²) >= 11 is 0. The fourth-order valence-electron chi connectivity index (χ4n) is 2.21. The fraction of sp³-hybridized carbons (Fsp3) is 0.714. The fourth-order valence-corrected chi connectivity index (χ4v) is 2.21. The molecule has 0 aromatic heterocycles. The van der Waals surface area contributed by atoms with E-state index in [2.05, 4.69) is 0 Å². The van der Waals surface area contributed by atoms with E-state index in [-0.39, 0.29) is 6.61 Å². The number of aliphatic hydroxyl groups is 1. The first-order valence-corrected chi connectivity index (χ1v) is 7.10. The summed E-state index contributed by atoms with van der Waals surface area (Å²) in [6, 6.07) is 0. The van der Waals surface area contributed by atoms with E-state index in [9.17, 15) is 24.3 Å². The van der Waals surface area contributed by atoms with Gasteiger partial charge in [-0.3, -0.25) is 19.2 Å². The zero-order chi connectivity index (χ0) is 18.4. The van der Waals surface area contributed by atoms with Gasteiger partial charge in [0.15, 0.2) is 24.6 Å². The van der Waals surface area contributed by atoms with Crippen molar-refractivity contribution in [3.63, 3.8) is 0 Å². The highest BCUT2D eigenvalue weighted by atomic mass is 16.7. The summed E-state index contributed by atoms with van der Waals surface area (Å²) in [5.74, 6) is -2.87. The van der Waals surface area contributed by atoms with Gasteiger partial charge >= 0.3 is 23.9 Å². The van der Waals surface area contributed by atoms with Crippen LogP contribution in [0.1, 0.15) is 27.7 Å². The number of aliphatic hydroxyl groups excluding tert-OH is 1. The monoisotopic (exact) mass is 348 g/mol. The van der Waals surface area contributed by atoms with Gasteiger partial charge in [0.2, 0.25) is 0 Å². The quantitative estimate of drug-likeness (QED) is 0.490. The van der Waals surface area contributed by atoms with E-state index in [0.29, 0.717) is 0 Å². The second kappa shape index (κ2) is 8.60. The van der Waals surface area contributed by atoms with Crippen LogP contribution in [0, 0.1) is 0 Å². The predicted octanol–water partition coefficient (Wildman–Crippen LogP) is -0.938. The molecule has 1 aliphatic heterocycles. The average molecular weight is 348 g/mol. The highest BCUT2D eigenvalue weighted by Gasteiger charge is 2.51. The van der Waals surface area contributed by atoms with Crippen molar-refractivity contribution in [3.05, 3.63) is 0 Å². The lowest BCUT2D eigenvalue weighted by Crippen LogP contribution is -2.62. The molecule has 0 bridgehead atoms. The number of ether oxygens (including phenoxy) is 5. The van der Waals surface area contributed by atoms with Crippen LogP contribution >= 0.6 is 0 Å². The van der Waals surface area contributed by atoms with Gasteiger partial charge < -0.3 is 28.8 Å². The largest absolute Gasteiger partial charge is 0.463 e. The molecule has 0 aromatic carbocycles. The molecule has 1 saturated heterocycles. The molecule has 1 unspecified atom stereocenters. The molecule has 0 amide bonds. The maximum atomic E-state index is 11.3. The molecular weight excluding hydrogens is 328 g/mol. The van der Waals surface area contributed by atoms with Crippen LogP contribution < -0.4 is 0 Å². The minimum absolute atomic E-state index is 0.366. The van der Waals surface area contributed by atoms with Crippen molar-refractivity contribution in [2.24, 2.45) is 0 Å². The third-order valence-corrected chi connectivity index (χ3v) is 2.97. The standard InChI is InChI=1S/C14H20O10/c1-6(15)20-5-10-11(21-7(2)16)12(22-8(3)17)13(14(19)24-10)23-9(4)18/h10-14,19H,5H2,1-4H3/t10?,11-,12-,13+,14-/m1/s1. The van der Waals surface area contributed by atoms with E-state index < -0.39 is 54.6 Å². The normalized spacial score (nSPS) is 29.3. The Morgan fingerprint density at radius 1 is 0.792 bits per heavy atom. The Kier molecular flexibility index (Phi) is 7.11. The zero-order valence-electron chi connectivity index (χ0n) is 13.7. The summed E-state index contributed by atoms with van der Waals surface area (Å²) in [4.78, 5) is 44.9. The molecule has 1 heterocycles. The van der Waals surface area contributed by atoms with E-state index in [1.54, 1.807) is 0 Å². The smallest absolute Gasteiger partial charge is 0.303 e. The number of carbonyl (C=O) groups excluding carboxylic acids is 4. The minimum Gasteiger partial charge on any atom is -0.463 e. The Hall–Kier alpha value is -2.20. The first-order chi connectivity index (χ1) is 11.1. The molecule has 1 rings (SSSR count). The molecule has 0 aliphatic carbocycles. The molecule has 0 aromatic rings. The van der Waals surface area contributed by atoms with Crippen LogP contribution in [0.25, 0.3) is 0 Å². The molecule has 10 nitrogen and oxygen atoms in total. The van der Waals surface area contributed by atoms with Crippen LogP contribution in [0.2, 0.25) is 0 Å². The van der Waals surface area contributed by atoms with Crippen molar-refractivity contribution in [3.8, 4) is 0 Å². The van der Waals surface area contributed by atoms with E-state index in [0.717, 1.165) is 27.7 Å². The van der Waals surface area contributed by atoms with Gasteiger partial charge in [-0.2, -0.15) is 0 Å². The van der Waals surface area contributed by atoms with Gasteiger partial charge in [0, 0.05) is 27.7 Å². The number of hydrogen-bond donors (Lipinski definition) is 1. The van der Waals surface area contributed by atoms with E-state index >= 15 is 0 Å². The third-order valence-electron chi connectivity index (χ3n) is 2.97. The molecular formula is C14H20O10. The lowest BCUT2D eigenvalue weighted by atomic mass is 9.98. The number of carbonyl (C=O) groups is 4. The van der Waals surface area contributed by atoms with Crippen molar-refractivity contribution in [1.82, 2.24) is 0 Å². The van der Waals surface area contributed by atoms with Crippen LogP contribution in [0.15, 0.2) is 0 Å². The Labute approximate surface area is 137 Å². The third kappa shape index (κ3) is 5.78. The van der Waals surface area contributed by atoms with Gasteiger partial charge in [-0.1, -0.05) is 0 Å². The van der Waals surface area contributed by atoms with Crippen molar-refractivity contribution in [2.75, 3.05) is 6.61 Å². The van der Waals surface area contributed by atoms with Crippen LogP contribution in [0.5, 0.6) is 0 Å². The Morgan fingerprint density at radius 2 is 1.25 bits per heavy atom. The Morgan fingerprint density at radius 3 is 1.71 bits per heavy atom. The first-order valence-electron chi connectivity index (χ1n) is 7.10. The molecule has 24 heavy (non-hydrogen) atoms.